The van der Waals surface area contributed by atoms with Crippen LogP contribution >= 0.6 is 11.3 Å². The lowest BCUT2D eigenvalue weighted by Gasteiger charge is -1.89. The van der Waals surface area contributed by atoms with Crippen LogP contribution in [0, 0.1) is 0 Å². The Kier molecular flexibility index (Phi) is 1.78. The van der Waals surface area contributed by atoms with Crippen LogP contribution in [0.4, 0.5) is 0 Å². The van der Waals surface area contributed by atoms with Crippen molar-refractivity contribution in [2.24, 2.45) is 0 Å². The fourth-order valence-corrected chi connectivity index (χ4v) is 1.48. The van der Waals surface area contributed by atoms with Gasteiger partial charge in [0.2, 0.25) is 0 Å². The lowest BCUT2D eigenvalue weighted by atomic mass is 10.6. The summed E-state index contributed by atoms with van der Waals surface area (Å²) >= 11 is 1.07. The normalized spacial score (nSPS) is 10.2. The number of carboxylic acid groups (broad SMARTS) is 1. The van der Waals surface area contributed by atoms with Crippen LogP contribution in [-0.4, -0.2) is 30.8 Å². The summed E-state index contributed by atoms with van der Waals surface area (Å²) < 4.78 is 1.55. The minimum atomic E-state index is -0.975. The summed E-state index contributed by atoms with van der Waals surface area (Å²) in [6, 6.07) is 0. The third-order valence-corrected chi connectivity index (χ3v) is 2.34. The van der Waals surface area contributed by atoms with Crippen LogP contribution in [0.3, 0.4) is 0 Å². The summed E-state index contributed by atoms with van der Waals surface area (Å²) in [5.41, 5.74) is 0. The van der Waals surface area contributed by atoms with Gasteiger partial charge in [-0.2, -0.15) is 0 Å². The van der Waals surface area contributed by atoms with E-state index in [1.54, 1.807) is 4.57 Å². The van der Waals surface area contributed by atoms with Gasteiger partial charge in [-0.1, -0.05) is 11.3 Å². The number of aromatic carboxylic acids is 1. The van der Waals surface area contributed by atoms with E-state index >= 15 is 0 Å². The van der Waals surface area contributed by atoms with Crippen molar-refractivity contribution in [3.8, 4) is 5.13 Å². The first-order chi connectivity index (χ1) is 6.27. The molecule has 13 heavy (non-hydrogen) atoms. The Balaban J connectivity index is 2.39. The zero-order chi connectivity index (χ0) is 9.26. The van der Waals surface area contributed by atoms with Gasteiger partial charge in [-0.25, -0.2) is 9.78 Å². The maximum Gasteiger partial charge on any atom is 0.347 e. The van der Waals surface area contributed by atoms with Crippen molar-refractivity contribution in [1.29, 1.82) is 0 Å². The first-order valence-electron chi connectivity index (χ1n) is 3.31. The Bertz CT molecular complexity index is 422. The van der Waals surface area contributed by atoms with Crippen LogP contribution in [-0.2, 0) is 0 Å². The van der Waals surface area contributed by atoms with E-state index in [9.17, 15) is 4.79 Å². The average Bonchev–Trinajstić information content (AvgIpc) is 2.75. The summed E-state index contributed by atoms with van der Waals surface area (Å²) in [6.45, 7) is 0. The van der Waals surface area contributed by atoms with E-state index < -0.39 is 5.97 Å². The highest BCUT2D eigenvalue weighted by atomic mass is 32.1. The molecule has 0 aliphatic rings. The van der Waals surface area contributed by atoms with E-state index in [4.69, 9.17) is 5.11 Å². The largest absolute Gasteiger partial charge is 0.477 e. The average molecular weight is 196 g/mol. The van der Waals surface area contributed by atoms with Crippen LogP contribution in [0.1, 0.15) is 9.67 Å². The Labute approximate surface area is 76.5 Å². The Morgan fingerprint density at radius 1 is 1.46 bits per heavy atom. The molecule has 0 aliphatic carbocycles. The highest BCUT2D eigenvalue weighted by Gasteiger charge is 2.09. The number of rotatable bonds is 2. The topological polar surface area (TPSA) is 80.9 Å². The summed E-state index contributed by atoms with van der Waals surface area (Å²) in [6.07, 6.45) is 4.23. The number of nitrogens with zero attached hydrogens (tertiary/aromatic N) is 4. The zero-order valence-electron chi connectivity index (χ0n) is 6.28. The number of carboxylic acids is 1. The number of aromatic nitrogens is 4. The van der Waals surface area contributed by atoms with Gasteiger partial charge in [0, 0.05) is 0 Å². The monoisotopic (exact) mass is 196 g/mol. The molecule has 0 aromatic carbocycles. The Morgan fingerprint density at radius 2 is 2.15 bits per heavy atom. The minimum Gasteiger partial charge on any atom is -0.477 e. The SMILES string of the molecule is O=C(O)c1cnc(-n2cnnc2)s1. The van der Waals surface area contributed by atoms with Gasteiger partial charge in [-0.05, 0) is 0 Å². The third kappa shape index (κ3) is 1.41. The van der Waals surface area contributed by atoms with E-state index in [0.29, 0.717) is 5.13 Å². The fourth-order valence-electron chi connectivity index (χ4n) is 0.783. The molecule has 2 rings (SSSR count). The minimum absolute atomic E-state index is 0.198. The number of thiazole rings is 1. The molecular formula is C6H4N4O2S. The quantitative estimate of drug-likeness (QED) is 0.752. The summed E-state index contributed by atoms with van der Waals surface area (Å²) in [5, 5.41) is 16.3. The molecule has 1 N–H and O–H groups in total. The van der Waals surface area contributed by atoms with Gasteiger partial charge in [-0.3, -0.25) is 4.57 Å². The standard InChI is InChI=1S/C6H4N4O2S/c11-5(12)4-1-7-6(13-4)10-2-8-9-3-10/h1-3H,(H,11,12). The molecule has 0 atom stereocenters. The maximum atomic E-state index is 10.5. The number of carbonyl (C=O) groups is 1. The molecule has 6 nitrogen and oxygen atoms in total. The molecular weight excluding hydrogens is 192 g/mol. The van der Waals surface area contributed by atoms with Crippen molar-refractivity contribution in [3.05, 3.63) is 23.7 Å². The van der Waals surface area contributed by atoms with Gasteiger partial charge in [0.1, 0.15) is 17.5 Å². The summed E-state index contributed by atoms with van der Waals surface area (Å²) in [4.78, 5) is 14.6. The maximum absolute atomic E-state index is 10.5. The predicted molar refractivity (Wildman–Crippen MR) is 44.0 cm³/mol. The van der Waals surface area contributed by atoms with E-state index in [2.05, 4.69) is 15.2 Å². The lowest BCUT2D eigenvalue weighted by molar-refractivity contribution is 0.0702. The Hall–Kier alpha value is -1.76. The lowest BCUT2D eigenvalue weighted by Crippen LogP contribution is -1.89. The molecule has 0 amide bonds. The van der Waals surface area contributed by atoms with Crippen LogP contribution in [0.15, 0.2) is 18.9 Å². The van der Waals surface area contributed by atoms with Gasteiger partial charge < -0.3 is 5.11 Å². The molecule has 2 aromatic heterocycles. The molecule has 0 saturated heterocycles. The smallest absolute Gasteiger partial charge is 0.347 e. The fraction of sp³-hybridized carbons (Fsp3) is 0. The van der Waals surface area contributed by atoms with E-state index in [-0.39, 0.29) is 4.88 Å². The first-order valence-corrected chi connectivity index (χ1v) is 4.13. The first kappa shape index (κ1) is 7.87. The van der Waals surface area contributed by atoms with Gasteiger partial charge >= 0.3 is 5.97 Å². The van der Waals surface area contributed by atoms with Crippen molar-refractivity contribution >= 4 is 17.3 Å². The molecule has 0 radical (unpaired) electrons. The van der Waals surface area contributed by atoms with Crippen LogP contribution in [0.25, 0.3) is 5.13 Å². The van der Waals surface area contributed by atoms with E-state index in [1.807, 2.05) is 0 Å². The van der Waals surface area contributed by atoms with Gasteiger partial charge in [0.25, 0.3) is 0 Å². The highest BCUT2D eigenvalue weighted by Crippen LogP contribution is 2.15. The van der Waals surface area contributed by atoms with E-state index in [1.165, 1.54) is 18.9 Å². The molecule has 0 bridgehead atoms. The second-order valence-corrected chi connectivity index (χ2v) is 3.19. The highest BCUT2D eigenvalue weighted by molar-refractivity contribution is 7.15. The van der Waals surface area contributed by atoms with Crippen molar-refractivity contribution in [2.45, 2.75) is 0 Å². The molecule has 0 saturated carbocycles. The van der Waals surface area contributed by atoms with Crippen LogP contribution in [0.2, 0.25) is 0 Å². The second-order valence-electron chi connectivity index (χ2n) is 2.18. The Morgan fingerprint density at radius 3 is 2.69 bits per heavy atom. The van der Waals surface area contributed by atoms with Crippen LogP contribution < -0.4 is 0 Å². The third-order valence-electron chi connectivity index (χ3n) is 1.34. The van der Waals surface area contributed by atoms with Crippen molar-refractivity contribution < 1.29 is 9.90 Å². The molecule has 0 aliphatic heterocycles. The molecule has 0 fully saturated rings. The van der Waals surface area contributed by atoms with Crippen molar-refractivity contribution in [1.82, 2.24) is 19.7 Å². The molecule has 7 heteroatoms. The summed E-state index contributed by atoms with van der Waals surface area (Å²) in [5.74, 6) is -0.975. The van der Waals surface area contributed by atoms with Gasteiger partial charge in [0.15, 0.2) is 5.13 Å². The zero-order valence-corrected chi connectivity index (χ0v) is 7.10. The van der Waals surface area contributed by atoms with Crippen molar-refractivity contribution in [3.63, 3.8) is 0 Å². The second kappa shape index (κ2) is 2.94. The van der Waals surface area contributed by atoms with Crippen LogP contribution in [0.5, 0.6) is 0 Å². The summed E-state index contributed by atoms with van der Waals surface area (Å²) in [7, 11) is 0. The van der Waals surface area contributed by atoms with Gasteiger partial charge in [-0.15, -0.1) is 10.2 Å². The van der Waals surface area contributed by atoms with Crippen molar-refractivity contribution in [2.75, 3.05) is 0 Å². The molecule has 0 unspecified atom stereocenters. The molecule has 66 valence electrons. The molecule has 2 heterocycles. The van der Waals surface area contributed by atoms with E-state index in [0.717, 1.165) is 11.3 Å². The predicted octanol–water partition coefficient (Wildman–Crippen LogP) is 0.422. The molecule has 0 spiro atoms. The number of hydrogen-bond donors (Lipinski definition) is 1. The molecule has 2 aromatic rings. The van der Waals surface area contributed by atoms with Gasteiger partial charge in [0.05, 0.1) is 6.20 Å². The number of hydrogen-bond acceptors (Lipinski definition) is 5.